The van der Waals surface area contributed by atoms with Crippen LogP contribution in [0.4, 0.5) is 4.39 Å². The average molecular weight is 347 g/mol. The summed E-state index contributed by atoms with van der Waals surface area (Å²) in [6.07, 6.45) is 1.64. The average Bonchev–Trinajstić information content (AvgIpc) is 3.03. The fourth-order valence-electron chi connectivity index (χ4n) is 2.37. The van der Waals surface area contributed by atoms with E-state index in [-0.39, 0.29) is 10.6 Å². The van der Waals surface area contributed by atoms with Gasteiger partial charge in [-0.25, -0.2) is 17.9 Å². The lowest BCUT2D eigenvalue weighted by Crippen LogP contribution is -2.11. The van der Waals surface area contributed by atoms with Gasteiger partial charge in [0.05, 0.1) is 17.7 Å². The molecule has 2 aromatic carbocycles. The lowest BCUT2D eigenvalue weighted by atomic mass is 10.0. The molecule has 0 atom stereocenters. The molecule has 0 aliphatic carbocycles. The minimum Gasteiger partial charge on any atom is -0.494 e. The highest BCUT2D eigenvalue weighted by Gasteiger charge is 2.14. The van der Waals surface area contributed by atoms with Gasteiger partial charge >= 0.3 is 0 Å². The normalized spacial score (nSPS) is 11.5. The van der Waals surface area contributed by atoms with Gasteiger partial charge in [0.25, 0.3) is 0 Å². The zero-order chi connectivity index (χ0) is 17.3. The van der Waals surface area contributed by atoms with E-state index in [2.05, 4.69) is 10.2 Å². The molecule has 0 unspecified atom stereocenters. The molecule has 0 radical (unpaired) electrons. The highest BCUT2D eigenvalue weighted by Crippen LogP contribution is 2.32. The number of halogens is 1. The molecule has 0 bridgehead atoms. The second kappa shape index (κ2) is 6.06. The quantitative estimate of drug-likeness (QED) is 0.758. The van der Waals surface area contributed by atoms with E-state index in [0.717, 1.165) is 0 Å². The van der Waals surface area contributed by atoms with E-state index in [9.17, 15) is 12.8 Å². The first-order chi connectivity index (χ1) is 11.4. The minimum atomic E-state index is -3.76. The number of rotatable bonds is 4. The van der Waals surface area contributed by atoms with E-state index in [1.807, 2.05) is 0 Å². The van der Waals surface area contributed by atoms with Gasteiger partial charge in [0, 0.05) is 17.3 Å². The Labute approximate surface area is 138 Å². The smallest absolute Gasteiger partial charge is 0.238 e. The number of sulfonamides is 1. The third kappa shape index (κ3) is 3.01. The van der Waals surface area contributed by atoms with Gasteiger partial charge in [-0.15, -0.1) is 0 Å². The van der Waals surface area contributed by atoms with Crippen molar-refractivity contribution in [2.24, 2.45) is 5.14 Å². The topological polar surface area (TPSA) is 98.1 Å². The number of aromatic nitrogens is 2. The molecule has 0 amide bonds. The van der Waals surface area contributed by atoms with Gasteiger partial charge in [-0.3, -0.25) is 5.10 Å². The maximum atomic E-state index is 13.9. The second-order valence-electron chi connectivity index (χ2n) is 5.07. The van der Waals surface area contributed by atoms with Crippen molar-refractivity contribution in [1.82, 2.24) is 10.2 Å². The zero-order valence-corrected chi connectivity index (χ0v) is 13.5. The summed E-state index contributed by atoms with van der Waals surface area (Å²) in [5.74, 6) is -0.326. The summed E-state index contributed by atoms with van der Waals surface area (Å²) in [4.78, 5) is 0.0128. The number of hydrogen-bond donors (Lipinski definition) is 2. The molecule has 0 saturated heterocycles. The molecular formula is C16H14FN3O3S. The molecule has 124 valence electrons. The van der Waals surface area contributed by atoms with Crippen LogP contribution >= 0.6 is 0 Å². The number of methoxy groups -OCH3 is 1. The summed E-state index contributed by atoms with van der Waals surface area (Å²) >= 11 is 0. The van der Waals surface area contributed by atoms with Crippen molar-refractivity contribution in [2.75, 3.05) is 7.11 Å². The fourth-order valence-corrected chi connectivity index (χ4v) is 2.88. The third-order valence-corrected chi connectivity index (χ3v) is 4.49. The number of ether oxygens (including phenoxy) is 1. The van der Waals surface area contributed by atoms with Crippen LogP contribution in [0.3, 0.4) is 0 Å². The summed E-state index contributed by atoms with van der Waals surface area (Å²) in [6.45, 7) is 0. The Morgan fingerprint density at radius 1 is 1.12 bits per heavy atom. The van der Waals surface area contributed by atoms with E-state index >= 15 is 0 Å². The van der Waals surface area contributed by atoms with Gasteiger partial charge in [-0.1, -0.05) is 18.2 Å². The van der Waals surface area contributed by atoms with E-state index in [1.165, 1.54) is 31.4 Å². The number of hydrogen-bond acceptors (Lipinski definition) is 4. The summed E-state index contributed by atoms with van der Waals surface area (Å²) in [6, 6.07) is 10.6. The third-order valence-electron chi connectivity index (χ3n) is 3.56. The van der Waals surface area contributed by atoms with Gasteiger partial charge in [0.15, 0.2) is 11.6 Å². The largest absolute Gasteiger partial charge is 0.494 e. The second-order valence-corrected chi connectivity index (χ2v) is 6.63. The monoisotopic (exact) mass is 347 g/mol. The molecule has 1 aromatic heterocycles. The van der Waals surface area contributed by atoms with Crippen molar-refractivity contribution < 1.29 is 17.5 Å². The highest BCUT2D eigenvalue weighted by atomic mass is 32.2. The van der Waals surface area contributed by atoms with E-state index in [0.29, 0.717) is 22.4 Å². The molecular weight excluding hydrogens is 333 g/mol. The SMILES string of the molecule is COc1ccc(-c2c[nH]nc2-c2ccc(S(N)(=O)=O)cc2)cc1F. The van der Waals surface area contributed by atoms with Crippen LogP contribution in [0.5, 0.6) is 5.75 Å². The first kappa shape index (κ1) is 16.2. The highest BCUT2D eigenvalue weighted by molar-refractivity contribution is 7.89. The van der Waals surface area contributed by atoms with Gasteiger partial charge in [0.1, 0.15) is 0 Å². The first-order valence-corrected chi connectivity index (χ1v) is 8.45. The molecule has 8 heteroatoms. The Morgan fingerprint density at radius 3 is 2.38 bits per heavy atom. The summed E-state index contributed by atoms with van der Waals surface area (Å²) < 4.78 is 41.5. The predicted octanol–water partition coefficient (Wildman–Crippen LogP) is 2.54. The van der Waals surface area contributed by atoms with Gasteiger partial charge in [-0.2, -0.15) is 5.10 Å². The maximum absolute atomic E-state index is 13.9. The molecule has 3 aromatic rings. The molecule has 0 fully saturated rings. The summed E-state index contributed by atoms with van der Waals surface area (Å²) in [7, 11) is -2.36. The standard InChI is InChI=1S/C16H14FN3O3S/c1-23-15-7-4-11(8-14(15)17)13-9-19-20-16(13)10-2-5-12(6-3-10)24(18,21)22/h2-9H,1H3,(H,19,20)(H2,18,21,22). The van der Waals surface area contributed by atoms with E-state index < -0.39 is 15.8 Å². The van der Waals surface area contributed by atoms with Crippen LogP contribution in [0, 0.1) is 5.82 Å². The van der Waals surface area contributed by atoms with Crippen LogP contribution in [0.2, 0.25) is 0 Å². The molecule has 24 heavy (non-hydrogen) atoms. The molecule has 0 spiro atoms. The van der Waals surface area contributed by atoms with Crippen LogP contribution in [0.1, 0.15) is 0 Å². The van der Waals surface area contributed by atoms with Crippen molar-refractivity contribution in [3.63, 3.8) is 0 Å². The molecule has 0 aliphatic rings. The predicted molar refractivity (Wildman–Crippen MR) is 87.3 cm³/mol. The zero-order valence-electron chi connectivity index (χ0n) is 12.7. The number of aromatic amines is 1. The Balaban J connectivity index is 2.03. The van der Waals surface area contributed by atoms with Gasteiger partial charge in [0.2, 0.25) is 10.0 Å². The van der Waals surface area contributed by atoms with Crippen molar-refractivity contribution in [3.05, 3.63) is 54.5 Å². The number of nitrogens with two attached hydrogens (primary N) is 1. The molecule has 0 aliphatic heterocycles. The van der Waals surface area contributed by atoms with Gasteiger partial charge in [-0.05, 0) is 29.8 Å². The molecule has 3 N–H and O–H groups in total. The van der Waals surface area contributed by atoms with Crippen molar-refractivity contribution in [1.29, 1.82) is 0 Å². The van der Waals surface area contributed by atoms with Crippen LogP contribution in [0.15, 0.2) is 53.6 Å². The number of nitrogens with one attached hydrogen (secondary N) is 1. The van der Waals surface area contributed by atoms with Crippen LogP contribution in [-0.2, 0) is 10.0 Å². The Morgan fingerprint density at radius 2 is 1.79 bits per heavy atom. The van der Waals surface area contributed by atoms with Crippen molar-refractivity contribution >= 4 is 10.0 Å². The number of primary sulfonamides is 1. The first-order valence-electron chi connectivity index (χ1n) is 6.91. The molecule has 6 nitrogen and oxygen atoms in total. The number of nitrogens with zero attached hydrogens (tertiary/aromatic N) is 1. The number of H-pyrrole nitrogens is 1. The Bertz CT molecular complexity index is 982. The molecule has 0 saturated carbocycles. The summed E-state index contributed by atoms with van der Waals surface area (Å²) in [5, 5.41) is 12.0. The lowest BCUT2D eigenvalue weighted by Gasteiger charge is -2.06. The van der Waals surface area contributed by atoms with Crippen LogP contribution in [-0.4, -0.2) is 25.7 Å². The Hall–Kier alpha value is -2.71. The fraction of sp³-hybridized carbons (Fsp3) is 0.0625. The van der Waals surface area contributed by atoms with Crippen LogP contribution in [0.25, 0.3) is 22.4 Å². The minimum absolute atomic E-state index is 0.0128. The van der Waals surface area contributed by atoms with E-state index in [1.54, 1.807) is 24.4 Å². The summed E-state index contributed by atoms with van der Waals surface area (Å²) in [5.41, 5.74) is 2.54. The molecule has 1 heterocycles. The lowest BCUT2D eigenvalue weighted by molar-refractivity contribution is 0.386. The maximum Gasteiger partial charge on any atom is 0.238 e. The number of benzene rings is 2. The van der Waals surface area contributed by atoms with Gasteiger partial charge < -0.3 is 4.74 Å². The Kier molecular flexibility index (Phi) is 4.08. The van der Waals surface area contributed by atoms with Crippen LogP contribution < -0.4 is 9.88 Å². The van der Waals surface area contributed by atoms with Crippen molar-refractivity contribution in [2.45, 2.75) is 4.90 Å². The van der Waals surface area contributed by atoms with Crippen molar-refractivity contribution in [3.8, 4) is 28.1 Å². The van der Waals surface area contributed by atoms with E-state index in [4.69, 9.17) is 9.88 Å². The molecule has 3 rings (SSSR count).